The van der Waals surface area contributed by atoms with Crippen LogP contribution in [0.2, 0.25) is 0 Å². The number of carbonyl (C=O) groups excluding carboxylic acids is 1. The summed E-state index contributed by atoms with van der Waals surface area (Å²) < 4.78 is 57.7. The monoisotopic (exact) mass is 849 g/mol. The molecule has 17 nitrogen and oxygen atoms in total. The van der Waals surface area contributed by atoms with Crippen LogP contribution in [0.3, 0.4) is 0 Å². The van der Waals surface area contributed by atoms with Crippen LogP contribution in [0.5, 0.6) is 11.5 Å². The number of morpholine rings is 1. The standard InChI is InChI=1S/C40H51N9O8S2/c1-58(2,53)45-29-5-3-27(4-6-29)24-42-38-35(49(51)52)21-33(26-44-38)59(54,55)46-39(50)34-8-7-30(20-36(34)57-32-19-28-9-12-41-37(28)43-25-32)47-13-10-40(11-14-47)22-31(23-40)48-15-17-56-18-16-48/h7-9,12,19-21,25-27,29,31H,3-6,10-11,13-18,22-24H2,1-2H3,(H,41,43)(H,42,44)(H,46,50). The molecule has 3 N–H and O–H groups in total. The smallest absolute Gasteiger partial charge is 0.312 e. The second-order valence-electron chi connectivity index (χ2n) is 16.6. The quantitative estimate of drug-likeness (QED) is 0.118. The predicted molar refractivity (Wildman–Crippen MR) is 224 cm³/mol. The highest BCUT2D eigenvalue weighted by Gasteiger charge is 2.48. The minimum absolute atomic E-state index is 0.0245. The Morgan fingerprint density at radius 3 is 2.47 bits per heavy atom. The van der Waals surface area contributed by atoms with Crippen molar-refractivity contribution in [2.45, 2.75) is 68.3 Å². The highest BCUT2D eigenvalue weighted by molar-refractivity contribution is 7.92. The van der Waals surface area contributed by atoms with Crippen molar-refractivity contribution in [2.75, 3.05) is 68.7 Å². The number of hydrogen-bond acceptors (Lipinski definition) is 14. The fraction of sp³-hybridized carbons (Fsp3) is 0.525. The molecule has 4 aromatic rings. The van der Waals surface area contributed by atoms with Gasteiger partial charge in [-0.15, -0.1) is 0 Å². The fourth-order valence-corrected chi connectivity index (χ4v) is 10.9. The molecule has 1 aromatic carbocycles. The molecule has 8 rings (SSSR count). The van der Waals surface area contributed by atoms with E-state index in [1.165, 1.54) is 25.1 Å². The maximum absolute atomic E-state index is 13.9. The molecule has 19 heteroatoms. The van der Waals surface area contributed by atoms with E-state index in [9.17, 15) is 27.5 Å². The molecule has 4 aliphatic rings. The first-order chi connectivity index (χ1) is 28.2. The number of aromatic nitrogens is 3. The van der Waals surface area contributed by atoms with Crippen molar-refractivity contribution >= 4 is 53.9 Å². The highest BCUT2D eigenvalue weighted by atomic mass is 32.2. The molecule has 0 unspecified atom stereocenters. The second kappa shape index (κ2) is 16.7. The number of amides is 1. The van der Waals surface area contributed by atoms with Crippen LogP contribution in [0.15, 0.2) is 64.2 Å². The lowest BCUT2D eigenvalue weighted by Gasteiger charge is -2.56. The van der Waals surface area contributed by atoms with Crippen LogP contribution >= 0.6 is 0 Å². The molecule has 0 atom stereocenters. The maximum Gasteiger partial charge on any atom is 0.312 e. The van der Waals surface area contributed by atoms with E-state index in [-0.39, 0.29) is 29.1 Å². The minimum atomic E-state index is -4.62. The van der Waals surface area contributed by atoms with E-state index in [2.05, 4.69) is 39.2 Å². The predicted octanol–water partition coefficient (Wildman–Crippen LogP) is 5.56. The van der Waals surface area contributed by atoms with Gasteiger partial charge >= 0.3 is 5.69 Å². The molecule has 5 heterocycles. The molecule has 59 heavy (non-hydrogen) atoms. The highest BCUT2D eigenvalue weighted by Crippen LogP contribution is 2.51. The number of fused-ring (bicyclic) bond motifs is 1. The summed E-state index contributed by atoms with van der Waals surface area (Å²) in [6.07, 6.45) is 15.1. The van der Waals surface area contributed by atoms with Gasteiger partial charge in [-0.3, -0.25) is 24.0 Å². The molecule has 1 amide bonds. The summed E-state index contributed by atoms with van der Waals surface area (Å²) in [5, 5.41) is 15.9. The number of pyridine rings is 2. The first-order valence-corrected chi connectivity index (χ1v) is 24.0. The Balaban J connectivity index is 0.965. The van der Waals surface area contributed by atoms with E-state index in [1.54, 1.807) is 36.9 Å². The van der Waals surface area contributed by atoms with E-state index in [4.69, 9.17) is 9.47 Å². The second-order valence-corrected chi connectivity index (χ2v) is 20.9. The van der Waals surface area contributed by atoms with E-state index in [0.29, 0.717) is 29.4 Å². The Morgan fingerprint density at radius 2 is 1.76 bits per heavy atom. The zero-order valence-corrected chi connectivity index (χ0v) is 34.9. The molecule has 3 aromatic heterocycles. The third kappa shape index (κ3) is 9.47. The van der Waals surface area contributed by atoms with Crippen molar-refractivity contribution in [1.29, 1.82) is 0 Å². The summed E-state index contributed by atoms with van der Waals surface area (Å²) in [6, 6.07) is 10.2. The average Bonchev–Trinajstić information content (AvgIpc) is 3.67. The van der Waals surface area contributed by atoms with Crippen LogP contribution in [-0.2, 0) is 24.5 Å². The zero-order valence-electron chi connectivity index (χ0n) is 33.3. The number of aromatic amines is 1. The SMILES string of the molecule is CS(C)(=O)=NC1CCC(CNc2ncc(S(=O)(=O)NC(=O)c3ccc(N4CCC5(CC4)CC(N4CCOCC4)C5)cc3Oc3cnc4[nH]ccc4c3)cc2[N+](=O)[O-])CC1. The molecule has 0 radical (unpaired) electrons. The van der Waals surface area contributed by atoms with Gasteiger partial charge in [-0.2, -0.15) is 0 Å². The largest absolute Gasteiger partial charge is 0.455 e. The molecule has 2 saturated heterocycles. The number of sulfonamides is 1. The van der Waals surface area contributed by atoms with Gasteiger partial charge in [0.05, 0.1) is 42.1 Å². The molecule has 2 saturated carbocycles. The molecule has 316 valence electrons. The van der Waals surface area contributed by atoms with Crippen LogP contribution in [-0.4, -0.2) is 114 Å². The summed E-state index contributed by atoms with van der Waals surface area (Å²) in [7, 11) is -6.82. The van der Waals surface area contributed by atoms with Crippen LogP contribution in [0.25, 0.3) is 11.0 Å². The van der Waals surface area contributed by atoms with Crippen molar-refractivity contribution in [3.63, 3.8) is 0 Å². The van der Waals surface area contributed by atoms with Crippen LogP contribution < -0.4 is 19.7 Å². The number of nitro groups is 1. The summed E-state index contributed by atoms with van der Waals surface area (Å²) in [5.74, 6) is -0.383. The molecule has 1 spiro atoms. The number of nitrogens with zero attached hydrogens (tertiary/aromatic N) is 6. The lowest BCUT2D eigenvalue weighted by molar-refractivity contribution is -0.384. The van der Waals surface area contributed by atoms with Gasteiger partial charge in [0, 0.05) is 90.4 Å². The molecule has 2 aliphatic carbocycles. The number of piperidine rings is 1. The van der Waals surface area contributed by atoms with Gasteiger partial charge in [-0.1, -0.05) is 0 Å². The maximum atomic E-state index is 13.9. The van der Waals surface area contributed by atoms with Gasteiger partial charge in [0.2, 0.25) is 5.82 Å². The van der Waals surface area contributed by atoms with E-state index < -0.39 is 41.2 Å². The van der Waals surface area contributed by atoms with Crippen LogP contribution in [0.1, 0.15) is 61.7 Å². The topological polar surface area (TPSA) is 214 Å². The van der Waals surface area contributed by atoms with Gasteiger partial charge in [-0.05, 0) is 87.0 Å². The van der Waals surface area contributed by atoms with Gasteiger partial charge < -0.3 is 24.7 Å². The zero-order chi connectivity index (χ0) is 41.4. The van der Waals surface area contributed by atoms with Crippen molar-refractivity contribution in [2.24, 2.45) is 15.7 Å². The van der Waals surface area contributed by atoms with Crippen molar-refractivity contribution < 1.29 is 31.8 Å². The Hall–Kier alpha value is -4.85. The van der Waals surface area contributed by atoms with Crippen molar-refractivity contribution in [3.8, 4) is 11.5 Å². The average molecular weight is 850 g/mol. The van der Waals surface area contributed by atoms with Gasteiger partial charge in [-0.25, -0.2) is 27.5 Å². The molecule has 2 aliphatic heterocycles. The summed E-state index contributed by atoms with van der Waals surface area (Å²) in [4.78, 5) is 41.1. The molecule has 4 fully saturated rings. The number of ether oxygens (including phenoxy) is 2. The van der Waals surface area contributed by atoms with Crippen LogP contribution in [0, 0.1) is 21.4 Å². The number of rotatable bonds is 12. The van der Waals surface area contributed by atoms with E-state index in [1.807, 2.05) is 6.07 Å². The third-order valence-corrected chi connectivity index (χ3v) is 14.4. The van der Waals surface area contributed by atoms with Gasteiger partial charge in [0.25, 0.3) is 15.9 Å². The number of benzene rings is 1. The summed E-state index contributed by atoms with van der Waals surface area (Å²) in [5.41, 5.74) is 1.25. The number of nitrogens with one attached hydrogen (secondary N) is 3. The number of H-pyrrole nitrogens is 1. The Bertz CT molecular complexity index is 2430. The van der Waals surface area contributed by atoms with Gasteiger partial charge in [0.1, 0.15) is 22.0 Å². The fourth-order valence-electron chi connectivity index (χ4n) is 9.02. The number of anilines is 2. The Kier molecular flexibility index (Phi) is 11.6. The lowest BCUT2D eigenvalue weighted by Crippen LogP contribution is -2.57. The normalized spacial score (nSPS) is 21.5. The Labute approximate surface area is 344 Å². The van der Waals surface area contributed by atoms with Crippen molar-refractivity contribution in [3.05, 3.63) is 70.7 Å². The van der Waals surface area contributed by atoms with E-state index >= 15 is 0 Å². The number of hydrogen-bond donors (Lipinski definition) is 3. The molecular formula is C40H51N9O8S2. The van der Waals surface area contributed by atoms with Crippen molar-refractivity contribution in [1.82, 2.24) is 24.6 Å². The first kappa shape index (κ1) is 40.9. The summed E-state index contributed by atoms with van der Waals surface area (Å²) in [6.45, 7) is 5.64. The molecular weight excluding hydrogens is 799 g/mol. The molecule has 0 bridgehead atoms. The summed E-state index contributed by atoms with van der Waals surface area (Å²) >= 11 is 0. The number of carbonyl (C=O) groups is 1. The lowest BCUT2D eigenvalue weighted by atomic mass is 9.60. The first-order valence-electron chi connectivity index (χ1n) is 20.2. The third-order valence-electron chi connectivity index (χ3n) is 12.3. The Morgan fingerprint density at radius 1 is 1.02 bits per heavy atom. The minimum Gasteiger partial charge on any atom is -0.455 e. The van der Waals surface area contributed by atoms with Crippen LogP contribution in [0.4, 0.5) is 17.2 Å². The van der Waals surface area contributed by atoms with Gasteiger partial charge in [0.15, 0.2) is 0 Å². The van der Waals surface area contributed by atoms with E-state index in [0.717, 1.165) is 101 Å².